The summed E-state index contributed by atoms with van der Waals surface area (Å²) >= 11 is 0. The van der Waals surface area contributed by atoms with Gasteiger partial charge in [0.25, 0.3) is 5.91 Å². The molecule has 1 aliphatic heterocycles. The van der Waals surface area contributed by atoms with E-state index in [1.54, 1.807) is 22.8 Å². The number of piperidine rings is 1. The van der Waals surface area contributed by atoms with Crippen LogP contribution in [0.1, 0.15) is 50.4 Å². The number of likely N-dealkylation sites (tertiary alicyclic amines) is 1. The average Bonchev–Trinajstić information content (AvgIpc) is 3.16. The molecule has 1 saturated heterocycles. The fraction of sp³-hybridized carbons (Fsp3) is 0.632. The van der Waals surface area contributed by atoms with Crippen LogP contribution in [0.4, 0.5) is 0 Å². The summed E-state index contributed by atoms with van der Waals surface area (Å²) in [5.41, 5.74) is 0.487. The van der Waals surface area contributed by atoms with Gasteiger partial charge in [0.05, 0.1) is 24.4 Å². The Bertz CT molecular complexity index is 603. The van der Waals surface area contributed by atoms with Gasteiger partial charge in [0, 0.05) is 32.1 Å². The first-order valence-electron chi connectivity index (χ1n) is 9.21. The number of nitrogens with zero attached hydrogens (tertiary/aromatic N) is 2. The molecule has 7 heteroatoms. The predicted octanol–water partition coefficient (Wildman–Crippen LogP) is 2.32. The van der Waals surface area contributed by atoms with Gasteiger partial charge in [-0.2, -0.15) is 0 Å². The second-order valence-corrected chi connectivity index (χ2v) is 6.76. The molecule has 0 radical (unpaired) electrons. The molecule has 2 heterocycles. The van der Waals surface area contributed by atoms with Gasteiger partial charge in [-0.1, -0.05) is 0 Å². The average molecular weight is 364 g/mol. The van der Waals surface area contributed by atoms with Crippen molar-refractivity contribution in [2.45, 2.75) is 46.1 Å². The molecule has 0 atom stereocenters. The smallest absolute Gasteiger partial charge is 0.309 e. The molecule has 0 aromatic carbocycles. The number of ether oxygens (including phenoxy) is 1. The van der Waals surface area contributed by atoms with E-state index in [1.165, 1.54) is 12.5 Å². The quantitative estimate of drug-likeness (QED) is 0.694. The third-order valence-corrected chi connectivity index (χ3v) is 4.69. The first kappa shape index (κ1) is 20.0. The van der Waals surface area contributed by atoms with Crippen molar-refractivity contribution in [3.8, 4) is 0 Å². The summed E-state index contributed by atoms with van der Waals surface area (Å²) in [6.45, 7) is 7.49. The van der Waals surface area contributed by atoms with Crippen LogP contribution in [-0.2, 0) is 14.3 Å². The van der Waals surface area contributed by atoms with E-state index < -0.39 is 0 Å². The molecule has 0 unspecified atom stereocenters. The molecule has 2 amide bonds. The minimum atomic E-state index is -0.170. The molecule has 0 spiro atoms. The van der Waals surface area contributed by atoms with Crippen molar-refractivity contribution in [3.05, 3.63) is 24.2 Å². The lowest BCUT2D eigenvalue weighted by Crippen LogP contribution is -2.43. The molecular weight excluding hydrogens is 336 g/mol. The molecule has 0 saturated carbocycles. The van der Waals surface area contributed by atoms with Gasteiger partial charge in [-0.05, 0) is 39.7 Å². The summed E-state index contributed by atoms with van der Waals surface area (Å²) in [6.07, 6.45) is 4.41. The normalized spacial score (nSPS) is 15.2. The lowest BCUT2D eigenvalue weighted by Gasteiger charge is -2.32. The summed E-state index contributed by atoms with van der Waals surface area (Å²) in [5.74, 6) is -0.411. The summed E-state index contributed by atoms with van der Waals surface area (Å²) < 4.78 is 10.0. The fourth-order valence-corrected chi connectivity index (χ4v) is 3.15. The molecule has 144 valence electrons. The van der Waals surface area contributed by atoms with E-state index in [-0.39, 0.29) is 36.2 Å². The van der Waals surface area contributed by atoms with Crippen molar-refractivity contribution in [1.82, 2.24) is 9.80 Å². The predicted molar refractivity (Wildman–Crippen MR) is 95.4 cm³/mol. The Kier molecular flexibility index (Phi) is 7.24. The Hall–Kier alpha value is -2.31. The van der Waals surface area contributed by atoms with Crippen LogP contribution in [-0.4, -0.2) is 59.9 Å². The van der Waals surface area contributed by atoms with Crippen molar-refractivity contribution in [3.63, 3.8) is 0 Å². The minimum absolute atomic E-state index is 0.0120. The van der Waals surface area contributed by atoms with Gasteiger partial charge in [0.1, 0.15) is 6.26 Å². The largest absolute Gasteiger partial charge is 0.472 e. The molecule has 0 aliphatic carbocycles. The molecule has 1 fully saturated rings. The number of rotatable bonds is 7. The highest BCUT2D eigenvalue weighted by Crippen LogP contribution is 2.19. The van der Waals surface area contributed by atoms with Gasteiger partial charge in [0.2, 0.25) is 5.91 Å². The summed E-state index contributed by atoms with van der Waals surface area (Å²) in [7, 11) is 0. The highest BCUT2D eigenvalue weighted by Gasteiger charge is 2.29. The molecular formula is C19H28N2O5. The maximum Gasteiger partial charge on any atom is 0.309 e. The van der Waals surface area contributed by atoms with Crippen LogP contribution in [0.5, 0.6) is 0 Å². The van der Waals surface area contributed by atoms with E-state index in [1.807, 2.05) is 13.8 Å². The van der Waals surface area contributed by atoms with Gasteiger partial charge >= 0.3 is 5.97 Å². The third-order valence-electron chi connectivity index (χ3n) is 4.69. The van der Waals surface area contributed by atoms with Crippen LogP contribution in [0.2, 0.25) is 0 Å². The van der Waals surface area contributed by atoms with E-state index >= 15 is 0 Å². The lowest BCUT2D eigenvalue weighted by molar-refractivity contribution is -0.151. The number of esters is 1. The highest BCUT2D eigenvalue weighted by molar-refractivity contribution is 5.94. The topological polar surface area (TPSA) is 80.1 Å². The Labute approximate surface area is 154 Å². The Balaban J connectivity index is 1.83. The van der Waals surface area contributed by atoms with Crippen LogP contribution in [0, 0.1) is 5.92 Å². The number of hydrogen-bond donors (Lipinski definition) is 0. The molecule has 1 aromatic heterocycles. The lowest BCUT2D eigenvalue weighted by atomic mass is 9.97. The van der Waals surface area contributed by atoms with Gasteiger partial charge in [0.15, 0.2) is 0 Å². The van der Waals surface area contributed by atoms with E-state index in [2.05, 4.69) is 0 Å². The number of amides is 2. The summed E-state index contributed by atoms with van der Waals surface area (Å²) in [6, 6.07) is 1.61. The maximum atomic E-state index is 12.5. The summed E-state index contributed by atoms with van der Waals surface area (Å²) in [4.78, 5) is 40.2. The SMILES string of the molecule is CCOC(=O)C1CCN(C(=O)CCN(C(=O)c2ccoc2)C(C)C)CC1. The number of hydrogen-bond acceptors (Lipinski definition) is 5. The second kappa shape index (κ2) is 9.40. The fourth-order valence-electron chi connectivity index (χ4n) is 3.15. The highest BCUT2D eigenvalue weighted by atomic mass is 16.5. The van der Waals surface area contributed by atoms with E-state index in [4.69, 9.17) is 9.15 Å². The molecule has 0 bridgehead atoms. The minimum Gasteiger partial charge on any atom is -0.472 e. The van der Waals surface area contributed by atoms with Crippen molar-refractivity contribution in [1.29, 1.82) is 0 Å². The van der Waals surface area contributed by atoms with Crippen LogP contribution in [0.15, 0.2) is 23.0 Å². The molecule has 26 heavy (non-hydrogen) atoms. The van der Waals surface area contributed by atoms with Gasteiger partial charge in [-0.25, -0.2) is 0 Å². The van der Waals surface area contributed by atoms with Crippen LogP contribution < -0.4 is 0 Å². The Morgan fingerprint density at radius 3 is 2.54 bits per heavy atom. The maximum absolute atomic E-state index is 12.5. The number of furan rings is 1. The standard InChI is InChI=1S/C19H28N2O5/c1-4-26-19(24)15-5-9-20(10-6-15)17(22)7-11-21(14(2)3)18(23)16-8-12-25-13-16/h8,12-15H,4-7,9-11H2,1-3H3. The molecule has 0 N–H and O–H groups in total. The zero-order valence-electron chi connectivity index (χ0n) is 15.8. The second-order valence-electron chi connectivity index (χ2n) is 6.76. The molecule has 7 nitrogen and oxygen atoms in total. The van der Waals surface area contributed by atoms with Gasteiger partial charge in [-0.15, -0.1) is 0 Å². The van der Waals surface area contributed by atoms with E-state index in [9.17, 15) is 14.4 Å². The van der Waals surface area contributed by atoms with Crippen molar-refractivity contribution >= 4 is 17.8 Å². The van der Waals surface area contributed by atoms with Gasteiger partial charge in [-0.3, -0.25) is 14.4 Å². The zero-order valence-corrected chi connectivity index (χ0v) is 15.8. The van der Waals surface area contributed by atoms with Gasteiger partial charge < -0.3 is 19.0 Å². The van der Waals surface area contributed by atoms with E-state index in [0.717, 1.165) is 0 Å². The molecule has 2 rings (SSSR count). The monoisotopic (exact) mass is 364 g/mol. The zero-order chi connectivity index (χ0) is 19.1. The van der Waals surface area contributed by atoms with Crippen LogP contribution >= 0.6 is 0 Å². The van der Waals surface area contributed by atoms with Crippen molar-refractivity contribution < 1.29 is 23.5 Å². The summed E-state index contributed by atoms with van der Waals surface area (Å²) in [5, 5.41) is 0. The Morgan fingerprint density at radius 2 is 2.00 bits per heavy atom. The molecule has 1 aromatic rings. The van der Waals surface area contributed by atoms with Crippen molar-refractivity contribution in [2.24, 2.45) is 5.92 Å². The number of carbonyl (C=O) groups is 3. The first-order chi connectivity index (χ1) is 12.4. The molecule has 1 aliphatic rings. The first-order valence-corrected chi connectivity index (χ1v) is 9.21. The van der Waals surface area contributed by atoms with Crippen molar-refractivity contribution in [2.75, 3.05) is 26.2 Å². The Morgan fingerprint density at radius 1 is 1.31 bits per heavy atom. The number of carbonyl (C=O) groups excluding carboxylic acids is 3. The van der Waals surface area contributed by atoms with Crippen LogP contribution in [0.25, 0.3) is 0 Å². The van der Waals surface area contributed by atoms with E-state index in [0.29, 0.717) is 44.6 Å². The third kappa shape index (κ3) is 5.09. The van der Waals surface area contributed by atoms with Crippen LogP contribution in [0.3, 0.4) is 0 Å².